The molecule has 2 aromatic carbocycles. The topological polar surface area (TPSA) is 43.1 Å². The summed E-state index contributed by atoms with van der Waals surface area (Å²) in [6, 6.07) is 10.3. The molecule has 2 rings (SSSR count). The minimum atomic E-state index is -0.559. The molecule has 0 spiro atoms. The van der Waals surface area contributed by atoms with Crippen LogP contribution in [0.3, 0.4) is 0 Å². The van der Waals surface area contributed by atoms with Crippen LogP contribution < -0.4 is 5.73 Å². The summed E-state index contributed by atoms with van der Waals surface area (Å²) in [5.41, 5.74) is 6.24. The molecule has 4 heteroatoms. The highest BCUT2D eigenvalue weighted by Gasteiger charge is 2.14. The first kappa shape index (κ1) is 11.6. The van der Waals surface area contributed by atoms with Crippen molar-refractivity contribution in [2.24, 2.45) is 0 Å². The normalized spacial score (nSPS) is 10.2. The van der Waals surface area contributed by atoms with Crippen molar-refractivity contribution in [1.82, 2.24) is 0 Å². The first-order valence-electron chi connectivity index (χ1n) is 4.93. The van der Waals surface area contributed by atoms with Crippen LogP contribution in [0.1, 0.15) is 15.9 Å². The van der Waals surface area contributed by atoms with Gasteiger partial charge in [0.1, 0.15) is 5.82 Å². The lowest BCUT2D eigenvalue weighted by Crippen LogP contribution is -2.04. The van der Waals surface area contributed by atoms with Crippen LogP contribution in [0.4, 0.5) is 10.1 Å². The van der Waals surface area contributed by atoms with E-state index in [1.165, 1.54) is 36.4 Å². The van der Waals surface area contributed by atoms with Gasteiger partial charge in [0.2, 0.25) is 0 Å². The smallest absolute Gasteiger partial charge is 0.196 e. The Morgan fingerprint density at radius 3 is 2.53 bits per heavy atom. The van der Waals surface area contributed by atoms with Gasteiger partial charge in [-0.25, -0.2) is 4.39 Å². The maximum atomic E-state index is 13.4. The molecular weight excluding hydrogens is 241 g/mol. The lowest BCUT2D eigenvalue weighted by atomic mass is 10.0. The van der Waals surface area contributed by atoms with E-state index in [2.05, 4.69) is 0 Å². The van der Waals surface area contributed by atoms with Crippen LogP contribution >= 0.6 is 11.6 Å². The van der Waals surface area contributed by atoms with Gasteiger partial charge in [-0.2, -0.15) is 0 Å². The standard InChI is InChI=1S/C13H9ClFNO/c14-9-5-8(6-10(16)7-9)13(17)11-3-1-2-4-12(11)15/h1-7H,16H2. The maximum absolute atomic E-state index is 13.4. The van der Waals surface area contributed by atoms with Gasteiger partial charge in [-0.05, 0) is 30.3 Å². The van der Waals surface area contributed by atoms with Gasteiger partial charge in [0.25, 0.3) is 0 Å². The largest absolute Gasteiger partial charge is 0.399 e. The summed E-state index contributed by atoms with van der Waals surface area (Å²) in [5, 5.41) is 0.352. The van der Waals surface area contributed by atoms with Gasteiger partial charge in [0.15, 0.2) is 5.78 Å². The molecule has 0 heterocycles. The van der Waals surface area contributed by atoms with Crippen LogP contribution in [0.15, 0.2) is 42.5 Å². The number of anilines is 1. The second-order valence-corrected chi connectivity index (χ2v) is 4.02. The molecule has 0 saturated heterocycles. The van der Waals surface area contributed by atoms with Crippen molar-refractivity contribution in [1.29, 1.82) is 0 Å². The van der Waals surface area contributed by atoms with E-state index in [0.717, 1.165) is 0 Å². The molecule has 0 aliphatic carbocycles. The number of nitrogens with two attached hydrogens (primary N) is 1. The molecule has 2 nitrogen and oxygen atoms in total. The number of ketones is 1. The first-order chi connectivity index (χ1) is 8.08. The molecule has 86 valence electrons. The zero-order chi connectivity index (χ0) is 12.4. The van der Waals surface area contributed by atoms with Crippen LogP contribution in [0.5, 0.6) is 0 Å². The Morgan fingerprint density at radius 2 is 1.88 bits per heavy atom. The summed E-state index contributed by atoms with van der Waals surface area (Å²) in [6.07, 6.45) is 0. The highest BCUT2D eigenvalue weighted by molar-refractivity contribution is 6.31. The molecule has 0 aliphatic rings. The van der Waals surface area contributed by atoms with E-state index < -0.39 is 11.6 Å². The van der Waals surface area contributed by atoms with Crippen LogP contribution in [0.25, 0.3) is 0 Å². The molecule has 0 atom stereocenters. The molecule has 0 radical (unpaired) electrons. The molecule has 0 amide bonds. The molecule has 2 N–H and O–H groups in total. The third kappa shape index (κ3) is 2.45. The molecular formula is C13H9ClFNO. The predicted molar refractivity (Wildman–Crippen MR) is 65.7 cm³/mol. The van der Waals surface area contributed by atoms with Crippen molar-refractivity contribution in [3.05, 3.63) is 64.4 Å². The van der Waals surface area contributed by atoms with Gasteiger partial charge in [0.05, 0.1) is 5.56 Å². The summed E-state index contributed by atoms with van der Waals surface area (Å²) in [7, 11) is 0. The SMILES string of the molecule is Nc1cc(Cl)cc(C(=O)c2ccccc2F)c1. The highest BCUT2D eigenvalue weighted by atomic mass is 35.5. The Bertz CT molecular complexity index is 563. The Hall–Kier alpha value is -1.87. The van der Waals surface area contributed by atoms with E-state index in [1.54, 1.807) is 6.07 Å². The molecule has 17 heavy (non-hydrogen) atoms. The fourth-order valence-electron chi connectivity index (χ4n) is 1.54. The lowest BCUT2D eigenvalue weighted by molar-refractivity contribution is 0.103. The number of benzene rings is 2. The predicted octanol–water partition coefficient (Wildman–Crippen LogP) is 3.29. The van der Waals surface area contributed by atoms with Crippen molar-refractivity contribution >= 4 is 23.1 Å². The van der Waals surface area contributed by atoms with Gasteiger partial charge >= 0.3 is 0 Å². The fraction of sp³-hybridized carbons (Fsp3) is 0. The van der Waals surface area contributed by atoms with E-state index in [-0.39, 0.29) is 11.1 Å². The van der Waals surface area contributed by atoms with Gasteiger partial charge in [-0.3, -0.25) is 4.79 Å². The van der Waals surface area contributed by atoms with E-state index >= 15 is 0 Å². The van der Waals surface area contributed by atoms with Gasteiger partial charge < -0.3 is 5.73 Å². The Kier molecular flexibility index (Phi) is 3.11. The Labute approximate surface area is 103 Å². The molecule has 0 saturated carbocycles. The molecule has 0 aliphatic heterocycles. The number of rotatable bonds is 2. The van der Waals surface area contributed by atoms with Crippen LogP contribution in [-0.4, -0.2) is 5.78 Å². The van der Waals surface area contributed by atoms with Crippen molar-refractivity contribution in [3.8, 4) is 0 Å². The second-order valence-electron chi connectivity index (χ2n) is 3.58. The molecule has 0 unspecified atom stereocenters. The Morgan fingerprint density at radius 1 is 1.18 bits per heavy atom. The van der Waals surface area contributed by atoms with Crippen molar-refractivity contribution in [2.75, 3.05) is 5.73 Å². The van der Waals surface area contributed by atoms with Gasteiger partial charge in [-0.15, -0.1) is 0 Å². The summed E-state index contributed by atoms with van der Waals surface area (Å²) in [6.45, 7) is 0. The summed E-state index contributed by atoms with van der Waals surface area (Å²) in [4.78, 5) is 12.0. The van der Waals surface area contributed by atoms with Crippen LogP contribution in [-0.2, 0) is 0 Å². The van der Waals surface area contributed by atoms with Crippen LogP contribution in [0, 0.1) is 5.82 Å². The number of halogens is 2. The third-order valence-corrected chi connectivity index (χ3v) is 2.52. The molecule has 0 bridgehead atoms. The van der Waals surface area contributed by atoms with Crippen LogP contribution in [0.2, 0.25) is 5.02 Å². The number of carbonyl (C=O) groups excluding carboxylic acids is 1. The molecule has 2 aromatic rings. The van der Waals surface area contributed by atoms with E-state index in [4.69, 9.17) is 17.3 Å². The average Bonchev–Trinajstić information content (AvgIpc) is 2.27. The van der Waals surface area contributed by atoms with E-state index in [1.807, 2.05) is 0 Å². The second kappa shape index (κ2) is 4.55. The zero-order valence-corrected chi connectivity index (χ0v) is 9.54. The van der Waals surface area contributed by atoms with E-state index in [0.29, 0.717) is 10.7 Å². The number of carbonyl (C=O) groups is 1. The molecule has 0 aromatic heterocycles. The Balaban J connectivity index is 2.48. The van der Waals surface area contributed by atoms with Gasteiger partial charge in [-0.1, -0.05) is 23.7 Å². The van der Waals surface area contributed by atoms with Crippen molar-refractivity contribution < 1.29 is 9.18 Å². The highest BCUT2D eigenvalue weighted by Crippen LogP contribution is 2.20. The summed E-state index contributed by atoms with van der Waals surface area (Å²) >= 11 is 5.80. The lowest BCUT2D eigenvalue weighted by Gasteiger charge is -2.04. The average molecular weight is 250 g/mol. The summed E-state index contributed by atoms with van der Waals surface area (Å²) in [5.74, 6) is -0.992. The summed E-state index contributed by atoms with van der Waals surface area (Å²) < 4.78 is 13.4. The van der Waals surface area contributed by atoms with Crippen molar-refractivity contribution in [3.63, 3.8) is 0 Å². The maximum Gasteiger partial charge on any atom is 0.196 e. The third-order valence-electron chi connectivity index (χ3n) is 2.30. The minimum Gasteiger partial charge on any atom is -0.399 e. The van der Waals surface area contributed by atoms with E-state index in [9.17, 15) is 9.18 Å². The minimum absolute atomic E-state index is 0.00849. The monoisotopic (exact) mass is 249 g/mol. The quantitative estimate of drug-likeness (QED) is 0.656. The number of hydrogen-bond donors (Lipinski definition) is 1. The first-order valence-corrected chi connectivity index (χ1v) is 5.31. The number of hydrogen-bond acceptors (Lipinski definition) is 2. The number of nitrogen functional groups attached to an aromatic ring is 1. The fourth-order valence-corrected chi connectivity index (χ4v) is 1.79. The molecule has 0 fully saturated rings. The van der Waals surface area contributed by atoms with Crippen molar-refractivity contribution in [2.45, 2.75) is 0 Å². The van der Waals surface area contributed by atoms with Gasteiger partial charge in [0, 0.05) is 16.3 Å². The zero-order valence-electron chi connectivity index (χ0n) is 8.78.